The van der Waals surface area contributed by atoms with Crippen molar-refractivity contribution in [1.29, 1.82) is 0 Å². The van der Waals surface area contributed by atoms with Crippen molar-refractivity contribution < 1.29 is 9.72 Å². The summed E-state index contributed by atoms with van der Waals surface area (Å²) >= 11 is 0. The monoisotopic (exact) mass is 291 g/mol. The van der Waals surface area contributed by atoms with Crippen molar-refractivity contribution in [1.82, 2.24) is 5.32 Å². The Morgan fingerprint density at radius 2 is 2.14 bits per heavy atom. The Morgan fingerprint density at radius 3 is 2.67 bits per heavy atom. The Labute approximate surface area is 124 Å². The van der Waals surface area contributed by atoms with Gasteiger partial charge in [0.1, 0.15) is 5.69 Å². The van der Waals surface area contributed by atoms with Crippen LogP contribution in [0.1, 0.15) is 43.5 Å². The maximum Gasteiger partial charge on any atom is 0.292 e. The molecular formula is C15H21N3O3. The summed E-state index contributed by atoms with van der Waals surface area (Å²) in [6.07, 6.45) is 3.19. The van der Waals surface area contributed by atoms with E-state index < -0.39 is 4.92 Å². The SMILES string of the molecule is CNc1cc(C(=O)NC2CCCC2(C)C)ccc1[N+](=O)[O-]. The van der Waals surface area contributed by atoms with Gasteiger partial charge in [-0.3, -0.25) is 14.9 Å². The van der Waals surface area contributed by atoms with E-state index in [1.54, 1.807) is 7.05 Å². The molecule has 1 unspecified atom stereocenters. The average molecular weight is 291 g/mol. The van der Waals surface area contributed by atoms with Crippen molar-refractivity contribution in [3.63, 3.8) is 0 Å². The lowest BCUT2D eigenvalue weighted by atomic mass is 9.87. The van der Waals surface area contributed by atoms with Gasteiger partial charge in [0.15, 0.2) is 0 Å². The smallest absolute Gasteiger partial charge is 0.292 e. The molecule has 21 heavy (non-hydrogen) atoms. The minimum atomic E-state index is -0.465. The largest absolute Gasteiger partial charge is 0.383 e. The van der Waals surface area contributed by atoms with Crippen molar-refractivity contribution in [2.75, 3.05) is 12.4 Å². The molecule has 0 aliphatic heterocycles. The van der Waals surface area contributed by atoms with Gasteiger partial charge in [0.2, 0.25) is 0 Å². The lowest BCUT2D eigenvalue weighted by molar-refractivity contribution is -0.383. The molecule has 1 amide bonds. The first-order valence-electron chi connectivity index (χ1n) is 7.12. The highest BCUT2D eigenvalue weighted by Gasteiger charge is 2.35. The number of carbonyl (C=O) groups excluding carboxylic acids is 1. The van der Waals surface area contributed by atoms with Crippen LogP contribution in [0.15, 0.2) is 18.2 Å². The first-order valence-corrected chi connectivity index (χ1v) is 7.12. The summed E-state index contributed by atoms with van der Waals surface area (Å²) in [5.74, 6) is -0.179. The third-order valence-corrected chi connectivity index (χ3v) is 4.29. The number of hydrogen-bond donors (Lipinski definition) is 2. The predicted octanol–water partition coefficient (Wildman–Crippen LogP) is 2.95. The first-order chi connectivity index (χ1) is 9.85. The van der Waals surface area contributed by atoms with Gasteiger partial charge in [-0.2, -0.15) is 0 Å². The van der Waals surface area contributed by atoms with E-state index in [4.69, 9.17) is 0 Å². The lowest BCUT2D eigenvalue weighted by Gasteiger charge is -2.27. The van der Waals surface area contributed by atoms with Gasteiger partial charge in [-0.05, 0) is 30.4 Å². The van der Waals surface area contributed by atoms with Gasteiger partial charge in [0.05, 0.1) is 4.92 Å². The topological polar surface area (TPSA) is 84.3 Å². The maximum atomic E-state index is 12.3. The number of nitro groups is 1. The Morgan fingerprint density at radius 1 is 1.43 bits per heavy atom. The van der Waals surface area contributed by atoms with Crippen LogP contribution in [-0.2, 0) is 0 Å². The molecule has 114 valence electrons. The van der Waals surface area contributed by atoms with Gasteiger partial charge in [-0.15, -0.1) is 0 Å². The number of anilines is 1. The van der Waals surface area contributed by atoms with Crippen LogP contribution >= 0.6 is 0 Å². The number of amides is 1. The van der Waals surface area contributed by atoms with Gasteiger partial charge >= 0.3 is 0 Å². The minimum Gasteiger partial charge on any atom is -0.383 e. The molecule has 1 fully saturated rings. The molecule has 0 heterocycles. The lowest BCUT2D eigenvalue weighted by Crippen LogP contribution is -2.41. The van der Waals surface area contributed by atoms with Gasteiger partial charge in [0.25, 0.3) is 11.6 Å². The number of nitrogens with one attached hydrogen (secondary N) is 2. The molecule has 0 radical (unpaired) electrons. The Bertz CT molecular complexity index is 569. The van der Waals surface area contributed by atoms with E-state index in [1.807, 2.05) is 0 Å². The molecule has 0 saturated heterocycles. The maximum absolute atomic E-state index is 12.3. The summed E-state index contributed by atoms with van der Waals surface area (Å²) in [4.78, 5) is 22.8. The van der Waals surface area contributed by atoms with Crippen LogP contribution in [0, 0.1) is 15.5 Å². The van der Waals surface area contributed by atoms with Crippen molar-refractivity contribution in [3.8, 4) is 0 Å². The second-order valence-corrected chi connectivity index (χ2v) is 6.15. The van der Waals surface area contributed by atoms with Crippen LogP contribution < -0.4 is 10.6 Å². The number of benzene rings is 1. The first kappa shape index (κ1) is 15.3. The second-order valence-electron chi connectivity index (χ2n) is 6.15. The summed E-state index contributed by atoms with van der Waals surface area (Å²) in [6, 6.07) is 4.53. The Hall–Kier alpha value is -2.11. The minimum absolute atomic E-state index is 0.0322. The molecule has 1 aromatic rings. The van der Waals surface area contributed by atoms with Crippen LogP contribution in [0.2, 0.25) is 0 Å². The van der Waals surface area contributed by atoms with Gasteiger partial charge in [0, 0.05) is 24.7 Å². The van der Waals surface area contributed by atoms with Gasteiger partial charge in [-0.1, -0.05) is 20.3 Å². The summed E-state index contributed by atoms with van der Waals surface area (Å²) < 4.78 is 0. The zero-order valence-electron chi connectivity index (χ0n) is 12.6. The Kier molecular flexibility index (Phi) is 4.16. The average Bonchev–Trinajstić information content (AvgIpc) is 2.76. The summed E-state index contributed by atoms with van der Waals surface area (Å²) in [5, 5.41) is 16.7. The molecule has 6 nitrogen and oxygen atoms in total. The van der Waals surface area contributed by atoms with E-state index >= 15 is 0 Å². The van der Waals surface area contributed by atoms with Gasteiger partial charge < -0.3 is 10.6 Å². The normalized spacial score (nSPS) is 20.0. The van der Waals surface area contributed by atoms with Crippen LogP contribution in [0.5, 0.6) is 0 Å². The number of nitrogens with zero attached hydrogens (tertiary/aromatic N) is 1. The number of hydrogen-bond acceptors (Lipinski definition) is 4. The van der Waals surface area contributed by atoms with E-state index in [1.165, 1.54) is 18.2 Å². The van der Waals surface area contributed by atoms with E-state index in [2.05, 4.69) is 24.5 Å². The molecule has 1 aliphatic rings. The highest BCUT2D eigenvalue weighted by Crippen LogP contribution is 2.37. The molecule has 1 aromatic carbocycles. The van der Waals surface area contributed by atoms with Crippen LogP contribution in [0.3, 0.4) is 0 Å². The third kappa shape index (κ3) is 3.15. The molecule has 1 aliphatic carbocycles. The molecule has 0 aromatic heterocycles. The number of nitro benzene ring substituents is 1. The predicted molar refractivity (Wildman–Crippen MR) is 81.5 cm³/mol. The summed E-state index contributed by atoms with van der Waals surface area (Å²) in [7, 11) is 1.60. The molecule has 1 atom stereocenters. The molecule has 0 bridgehead atoms. The van der Waals surface area contributed by atoms with E-state index in [0.29, 0.717) is 11.3 Å². The zero-order chi connectivity index (χ0) is 15.6. The molecule has 2 rings (SSSR count). The number of carbonyl (C=O) groups is 1. The molecule has 1 saturated carbocycles. The molecule has 6 heteroatoms. The van der Waals surface area contributed by atoms with E-state index in [9.17, 15) is 14.9 Å². The van der Waals surface area contributed by atoms with Crippen molar-refractivity contribution in [3.05, 3.63) is 33.9 Å². The van der Waals surface area contributed by atoms with Crippen LogP contribution in [0.25, 0.3) is 0 Å². The van der Waals surface area contributed by atoms with Crippen LogP contribution in [-0.4, -0.2) is 23.9 Å². The second kappa shape index (κ2) is 5.71. The highest BCUT2D eigenvalue weighted by atomic mass is 16.6. The molecule has 2 N–H and O–H groups in total. The van der Waals surface area contributed by atoms with Gasteiger partial charge in [-0.25, -0.2) is 0 Å². The van der Waals surface area contributed by atoms with Crippen molar-refractivity contribution in [2.24, 2.45) is 5.41 Å². The summed E-state index contributed by atoms with van der Waals surface area (Å²) in [6.45, 7) is 4.31. The summed E-state index contributed by atoms with van der Waals surface area (Å²) in [5.41, 5.74) is 0.851. The van der Waals surface area contributed by atoms with E-state index in [-0.39, 0.29) is 23.1 Å². The standard InChI is InChI=1S/C15H21N3O3/c1-15(2)8-4-5-13(15)17-14(19)10-6-7-12(18(20)21)11(9-10)16-3/h6-7,9,13,16H,4-5,8H2,1-3H3,(H,17,19). The highest BCUT2D eigenvalue weighted by molar-refractivity contribution is 5.96. The van der Waals surface area contributed by atoms with Crippen molar-refractivity contribution in [2.45, 2.75) is 39.2 Å². The molecular weight excluding hydrogens is 270 g/mol. The Balaban J connectivity index is 2.18. The quantitative estimate of drug-likeness (QED) is 0.660. The number of rotatable bonds is 4. The van der Waals surface area contributed by atoms with Crippen LogP contribution in [0.4, 0.5) is 11.4 Å². The molecule has 0 spiro atoms. The third-order valence-electron chi connectivity index (χ3n) is 4.29. The van der Waals surface area contributed by atoms with Crippen molar-refractivity contribution >= 4 is 17.3 Å². The fraction of sp³-hybridized carbons (Fsp3) is 0.533. The fourth-order valence-corrected chi connectivity index (χ4v) is 2.87. The zero-order valence-corrected chi connectivity index (χ0v) is 12.6. The fourth-order valence-electron chi connectivity index (χ4n) is 2.87. The van der Waals surface area contributed by atoms with E-state index in [0.717, 1.165) is 19.3 Å².